The fourth-order valence-corrected chi connectivity index (χ4v) is 1.84. The van der Waals surface area contributed by atoms with Crippen LogP contribution >= 0.6 is 0 Å². The van der Waals surface area contributed by atoms with E-state index < -0.39 is 11.9 Å². The van der Waals surface area contributed by atoms with E-state index in [1.807, 2.05) is 6.92 Å². The summed E-state index contributed by atoms with van der Waals surface area (Å²) in [6.07, 6.45) is 0.722. The summed E-state index contributed by atoms with van der Waals surface area (Å²) in [5, 5.41) is 9.10. The van der Waals surface area contributed by atoms with Crippen LogP contribution in [0.3, 0.4) is 0 Å². The fraction of sp³-hybridized carbons (Fsp3) is 0.462. The molecule has 0 aromatic heterocycles. The van der Waals surface area contributed by atoms with Crippen molar-refractivity contribution < 1.29 is 19.4 Å². The van der Waals surface area contributed by atoms with Gasteiger partial charge in [-0.3, -0.25) is 4.79 Å². The molecule has 1 atom stereocenters. The first-order valence-corrected chi connectivity index (χ1v) is 5.52. The van der Waals surface area contributed by atoms with Crippen molar-refractivity contribution in [2.75, 3.05) is 14.2 Å². The fourth-order valence-electron chi connectivity index (χ4n) is 1.84. The molecular formula is C13H18O4. The maximum Gasteiger partial charge on any atom is 0.310 e. The van der Waals surface area contributed by atoms with Crippen molar-refractivity contribution in [2.24, 2.45) is 0 Å². The first kappa shape index (κ1) is 13.4. The van der Waals surface area contributed by atoms with Gasteiger partial charge in [0.2, 0.25) is 0 Å². The third-order valence-corrected chi connectivity index (χ3v) is 2.86. The van der Waals surface area contributed by atoms with Crippen molar-refractivity contribution in [2.45, 2.75) is 26.2 Å². The largest absolute Gasteiger partial charge is 0.497 e. The molecular weight excluding hydrogens is 220 g/mol. The van der Waals surface area contributed by atoms with Gasteiger partial charge >= 0.3 is 5.97 Å². The van der Waals surface area contributed by atoms with Crippen LogP contribution in [0, 0.1) is 0 Å². The van der Waals surface area contributed by atoms with Crippen LogP contribution in [-0.4, -0.2) is 25.3 Å². The summed E-state index contributed by atoms with van der Waals surface area (Å²) in [5.74, 6) is -0.138. The summed E-state index contributed by atoms with van der Waals surface area (Å²) in [4.78, 5) is 11.1. The molecule has 0 heterocycles. The molecule has 0 aliphatic heterocycles. The Morgan fingerprint density at radius 2 is 2.00 bits per heavy atom. The second-order valence-corrected chi connectivity index (χ2v) is 3.81. The Morgan fingerprint density at radius 3 is 2.41 bits per heavy atom. The lowest BCUT2D eigenvalue weighted by Crippen LogP contribution is -2.11. The summed E-state index contributed by atoms with van der Waals surface area (Å²) in [6, 6.07) is 3.54. The second kappa shape index (κ2) is 5.57. The Kier molecular flexibility index (Phi) is 4.37. The lowest BCUT2D eigenvalue weighted by molar-refractivity contribution is -0.138. The van der Waals surface area contributed by atoms with Crippen molar-refractivity contribution in [3.8, 4) is 11.5 Å². The highest BCUT2D eigenvalue weighted by molar-refractivity contribution is 5.77. The van der Waals surface area contributed by atoms with Crippen molar-refractivity contribution >= 4 is 5.97 Å². The molecule has 1 aromatic carbocycles. The van der Waals surface area contributed by atoms with Crippen LogP contribution in [0.2, 0.25) is 0 Å². The van der Waals surface area contributed by atoms with E-state index in [-0.39, 0.29) is 0 Å². The Labute approximate surface area is 101 Å². The smallest absolute Gasteiger partial charge is 0.310 e. The van der Waals surface area contributed by atoms with Crippen LogP contribution in [0.5, 0.6) is 11.5 Å². The molecule has 1 unspecified atom stereocenters. The number of carboxylic acid groups (broad SMARTS) is 1. The Morgan fingerprint density at radius 1 is 1.35 bits per heavy atom. The molecule has 0 bridgehead atoms. The van der Waals surface area contributed by atoms with E-state index in [4.69, 9.17) is 14.6 Å². The molecule has 0 spiro atoms. The van der Waals surface area contributed by atoms with Gasteiger partial charge in [0, 0.05) is 6.07 Å². The molecule has 1 rings (SSSR count). The van der Waals surface area contributed by atoms with E-state index in [2.05, 4.69) is 0 Å². The average molecular weight is 238 g/mol. The number of hydrogen-bond donors (Lipinski definition) is 1. The van der Waals surface area contributed by atoms with Gasteiger partial charge in [0.1, 0.15) is 11.5 Å². The summed E-state index contributed by atoms with van der Waals surface area (Å²) in [5.41, 5.74) is 1.67. The summed E-state index contributed by atoms with van der Waals surface area (Å²) >= 11 is 0. The molecule has 4 nitrogen and oxygen atoms in total. The van der Waals surface area contributed by atoms with Crippen LogP contribution in [0.25, 0.3) is 0 Å². The van der Waals surface area contributed by atoms with Crippen molar-refractivity contribution in [1.29, 1.82) is 0 Å². The molecule has 94 valence electrons. The molecule has 0 amide bonds. The zero-order chi connectivity index (χ0) is 13.0. The Hall–Kier alpha value is -1.71. The minimum Gasteiger partial charge on any atom is -0.497 e. The Bertz CT molecular complexity index is 412. The predicted molar refractivity (Wildman–Crippen MR) is 65.0 cm³/mol. The van der Waals surface area contributed by atoms with Crippen LogP contribution in [0.4, 0.5) is 0 Å². The van der Waals surface area contributed by atoms with Gasteiger partial charge in [0.05, 0.1) is 20.1 Å². The van der Waals surface area contributed by atoms with Gasteiger partial charge < -0.3 is 14.6 Å². The molecule has 0 aliphatic rings. The first-order valence-electron chi connectivity index (χ1n) is 5.52. The van der Waals surface area contributed by atoms with Gasteiger partial charge in [0.15, 0.2) is 0 Å². The van der Waals surface area contributed by atoms with E-state index >= 15 is 0 Å². The standard InChI is InChI=1S/C13H18O4/c1-5-10-11(8(2)13(14)15)6-9(16-3)7-12(10)17-4/h6-8H,5H2,1-4H3,(H,14,15). The molecule has 0 fully saturated rings. The summed E-state index contributed by atoms with van der Waals surface area (Å²) in [6.45, 7) is 3.64. The van der Waals surface area contributed by atoms with Crippen LogP contribution < -0.4 is 9.47 Å². The quantitative estimate of drug-likeness (QED) is 0.856. The number of hydrogen-bond acceptors (Lipinski definition) is 3. The molecule has 17 heavy (non-hydrogen) atoms. The van der Waals surface area contributed by atoms with Crippen LogP contribution in [0.15, 0.2) is 12.1 Å². The van der Waals surface area contributed by atoms with Crippen molar-refractivity contribution in [3.63, 3.8) is 0 Å². The number of carboxylic acids is 1. The minimum absolute atomic E-state index is 0.575. The van der Waals surface area contributed by atoms with E-state index in [1.54, 1.807) is 33.3 Å². The van der Waals surface area contributed by atoms with E-state index in [1.165, 1.54) is 0 Å². The molecule has 0 aliphatic carbocycles. The summed E-state index contributed by atoms with van der Waals surface area (Å²) in [7, 11) is 3.12. The minimum atomic E-state index is -0.852. The van der Waals surface area contributed by atoms with Gasteiger partial charge in [-0.25, -0.2) is 0 Å². The average Bonchev–Trinajstić information content (AvgIpc) is 2.35. The zero-order valence-corrected chi connectivity index (χ0v) is 10.6. The molecule has 1 aromatic rings. The van der Waals surface area contributed by atoms with Gasteiger partial charge in [-0.1, -0.05) is 6.92 Å². The van der Waals surface area contributed by atoms with Crippen molar-refractivity contribution in [1.82, 2.24) is 0 Å². The van der Waals surface area contributed by atoms with Crippen molar-refractivity contribution in [3.05, 3.63) is 23.3 Å². The number of methoxy groups -OCH3 is 2. The van der Waals surface area contributed by atoms with Crippen LogP contribution in [0.1, 0.15) is 30.9 Å². The number of carbonyl (C=O) groups is 1. The summed E-state index contributed by atoms with van der Waals surface area (Å²) < 4.78 is 10.4. The normalized spacial score (nSPS) is 12.0. The molecule has 0 radical (unpaired) electrons. The van der Waals surface area contributed by atoms with Gasteiger partial charge in [-0.05, 0) is 30.5 Å². The maximum atomic E-state index is 11.1. The van der Waals surface area contributed by atoms with E-state index in [0.29, 0.717) is 11.5 Å². The Balaban J connectivity index is 3.38. The predicted octanol–water partition coefficient (Wildman–Crippen LogP) is 2.45. The lowest BCUT2D eigenvalue weighted by atomic mass is 9.93. The number of ether oxygens (including phenoxy) is 2. The SMILES string of the molecule is CCc1c(OC)cc(OC)cc1C(C)C(=O)O. The third kappa shape index (κ3) is 2.70. The maximum absolute atomic E-state index is 11.1. The van der Waals surface area contributed by atoms with Crippen LogP contribution in [-0.2, 0) is 11.2 Å². The van der Waals surface area contributed by atoms with Gasteiger partial charge in [-0.15, -0.1) is 0 Å². The highest BCUT2D eigenvalue weighted by atomic mass is 16.5. The number of rotatable bonds is 5. The third-order valence-electron chi connectivity index (χ3n) is 2.86. The lowest BCUT2D eigenvalue weighted by Gasteiger charge is -2.17. The molecule has 4 heteroatoms. The van der Waals surface area contributed by atoms with Gasteiger partial charge in [-0.2, -0.15) is 0 Å². The van der Waals surface area contributed by atoms with E-state index in [0.717, 1.165) is 17.5 Å². The zero-order valence-electron chi connectivity index (χ0n) is 10.6. The highest BCUT2D eigenvalue weighted by Crippen LogP contribution is 2.33. The topological polar surface area (TPSA) is 55.8 Å². The first-order chi connectivity index (χ1) is 8.04. The highest BCUT2D eigenvalue weighted by Gasteiger charge is 2.20. The van der Waals surface area contributed by atoms with E-state index in [9.17, 15) is 4.79 Å². The monoisotopic (exact) mass is 238 g/mol. The van der Waals surface area contributed by atoms with Gasteiger partial charge in [0.25, 0.3) is 0 Å². The molecule has 0 saturated carbocycles. The number of benzene rings is 1. The second-order valence-electron chi connectivity index (χ2n) is 3.81. The number of aliphatic carboxylic acids is 1. The molecule has 0 saturated heterocycles. The molecule has 1 N–H and O–H groups in total.